The van der Waals surface area contributed by atoms with Gasteiger partial charge in [0.05, 0.1) is 0 Å². The van der Waals surface area contributed by atoms with E-state index < -0.39 is 18.1 Å². The fourth-order valence-electron chi connectivity index (χ4n) is 1.27. The van der Waals surface area contributed by atoms with Gasteiger partial charge >= 0.3 is 118 Å². The van der Waals surface area contributed by atoms with E-state index in [9.17, 15) is 0 Å². The molecular formula is C13H30O4Ti. The van der Waals surface area contributed by atoms with E-state index in [4.69, 9.17) is 13.3 Å². The second-order valence-electron chi connectivity index (χ2n) is 4.25. The Labute approximate surface area is 118 Å². The van der Waals surface area contributed by atoms with Crippen LogP contribution < -0.4 is 0 Å². The standard InChI is InChI=1S/C4H9O.3C3H7O.Ti/c1-2-3-4-5;3*1-2-3-4;/h2-4H2,1H3;3*2-3H2,1H3;/q4*-1;+4. The molecule has 0 unspecified atom stereocenters. The van der Waals surface area contributed by atoms with Gasteiger partial charge in [-0.3, -0.25) is 0 Å². The van der Waals surface area contributed by atoms with E-state index >= 15 is 0 Å². The minimum absolute atomic E-state index is 0.652. The summed E-state index contributed by atoms with van der Waals surface area (Å²) in [7, 11) is 0. The van der Waals surface area contributed by atoms with Crippen molar-refractivity contribution >= 4 is 0 Å². The van der Waals surface area contributed by atoms with Crippen molar-refractivity contribution in [2.24, 2.45) is 0 Å². The summed E-state index contributed by atoms with van der Waals surface area (Å²) in [4.78, 5) is 0. The van der Waals surface area contributed by atoms with Crippen LogP contribution in [0.4, 0.5) is 0 Å². The molecule has 0 aromatic carbocycles. The van der Waals surface area contributed by atoms with Crippen LogP contribution >= 0.6 is 0 Å². The van der Waals surface area contributed by atoms with Gasteiger partial charge in [0.1, 0.15) is 0 Å². The Kier molecular flexibility index (Phi) is 13.0. The second kappa shape index (κ2) is 12.6. The predicted molar refractivity (Wildman–Crippen MR) is 69.6 cm³/mol. The molecule has 0 aliphatic rings. The van der Waals surface area contributed by atoms with Gasteiger partial charge in [-0.2, -0.15) is 0 Å². The van der Waals surface area contributed by atoms with E-state index in [0.717, 1.165) is 32.1 Å². The molecule has 5 heteroatoms. The summed E-state index contributed by atoms with van der Waals surface area (Å²) in [5, 5.41) is 0. The van der Waals surface area contributed by atoms with Gasteiger partial charge in [0.15, 0.2) is 0 Å². The van der Waals surface area contributed by atoms with Crippen LogP contribution in [0.25, 0.3) is 0 Å². The van der Waals surface area contributed by atoms with E-state index in [1.54, 1.807) is 0 Å². The van der Waals surface area contributed by atoms with E-state index in [2.05, 4.69) is 27.7 Å². The van der Waals surface area contributed by atoms with Crippen LogP contribution in [0.15, 0.2) is 0 Å². The predicted octanol–water partition coefficient (Wildman–Crippen LogP) is 3.90. The average Bonchev–Trinajstić information content (AvgIpc) is 2.40. The van der Waals surface area contributed by atoms with Crippen LogP contribution in [-0.2, 0) is 31.4 Å². The zero-order valence-electron chi connectivity index (χ0n) is 12.5. The van der Waals surface area contributed by atoms with Crippen LogP contribution in [-0.4, -0.2) is 26.4 Å². The Bertz CT molecular complexity index is 157. The summed E-state index contributed by atoms with van der Waals surface area (Å²) in [6, 6.07) is 0. The molecule has 0 amide bonds. The molecule has 0 radical (unpaired) electrons. The number of hydrogen-bond acceptors (Lipinski definition) is 4. The first kappa shape index (κ1) is 18.6. The number of rotatable bonds is 13. The Morgan fingerprint density at radius 2 is 0.944 bits per heavy atom. The van der Waals surface area contributed by atoms with Crippen molar-refractivity contribution in [3.63, 3.8) is 0 Å². The Morgan fingerprint density at radius 1 is 0.556 bits per heavy atom. The van der Waals surface area contributed by atoms with Gasteiger partial charge in [-0.05, 0) is 0 Å². The van der Waals surface area contributed by atoms with Crippen molar-refractivity contribution in [1.82, 2.24) is 0 Å². The average molecular weight is 298 g/mol. The maximum absolute atomic E-state index is 5.90. The molecule has 0 rings (SSSR count). The molecule has 0 bridgehead atoms. The van der Waals surface area contributed by atoms with E-state index in [1.165, 1.54) is 0 Å². The monoisotopic (exact) mass is 298 g/mol. The minimum atomic E-state index is -3.46. The summed E-state index contributed by atoms with van der Waals surface area (Å²) in [6.45, 7) is 11.0. The molecule has 0 N–H and O–H groups in total. The van der Waals surface area contributed by atoms with Gasteiger partial charge in [-0.25, -0.2) is 0 Å². The van der Waals surface area contributed by atoms with Gasteiger partial charge in [0, 0.05) is 0 Å². The fourth-order valence-corrected chi connectivity index (χ4v) is 4.80. The van der Waals surface area contributed by atoms with Crippen LogP contribution in [0, 0.1) is 0 Å². The maximum atomic E-state index is 5.90. The van der Waals surface area contributed by atoms with Crippen LogP contribution in [0.2, 0.25) is 0 Å². The third-order valence-electron chi connectivity index (χ3n) is 2.23. The van der Waals surface area contributed by atoms with Crippen molar-refractivity contribution in [1.29, 1.82) is 0 Å². The summed E-state index contributed by atoms with van der Waals surface area (Å²) < 4.78 is 23.4. The van der Waals surface area contributed by atoms with Crippen molar-refractivity contribution in [2.75, 3.05) is 26.4 Å². The molecule has 0 fully saturated rings. The molecule has 0 aromatic rings. The molecule has 0 spiro atoms. The van der Waals surface area contributed by atoms with E-state index in [-0.39, 0.29) is 0 Å². The second-order valence-corrected chi connectivity index (χ2v) is 7.61. The van der Waals surface area contributed by atoms with E-state index in [1.807, 2.05) is 0 Å². The third kappa shape index (κ3) is 8.62. The van der Waals surface area contributed by atoms with Gasteiger partial charge in [0.25, 0.3) is 0 Å². The topological polar surface area (TPSA) is 36.9 Å². The first-order valence-electron chi connectivity index (χ1n) is 7.30. The fraction of sp³-hybridized carbons (Fsp3) is 1.00. The van der Waals surface area contributed by atoms with Crippen LogP contribution in [0.5, 0.6) is 0 Å². The van der Waals surface area contributed by atoms with Crippen molar-refractivity contribution < 1.29 is 31.4 Å². The molecule has 0 aliphatic carbocycles. The van der Waals surface area contributed by atoms with Crippen LogP contribution in [0.3, 0.4) is 0 Å². The molecular weight excluding hydrogens is 268 g/mol. The SMILES string of the molecule is CCCC[O][Ti]([O]CCC)([O]CCC)[O]CCC. The van der Waals surface area contributed by atoms with Crippen LogP contribution in [0.1, 0.15) is 59.8 Å². The molecule has 110 valence electrons. The first-order chi connectivity index (χ1) is 8.74. The molecule has 0 heterocycles. The summed E-state index contributed by atoms with van der Waals surface area (Å²) in [6.07, 6.45) is 4.99. The molecule has 18 heavy (non-hydrogen) atoms. The Balaban J connectivity index is 4.41. The van der Waals surface area contributed by atoms with Gasteiger partial charge < -0.3 is 0 Å². The molecule has 0 saturated heterocycles. The molecule has 0 atom stereocenters. The van der Waals surface area contributed by atoms with E-state index in [0.29, 0.717) is 26.4 Å². The Hall–Kier alpha value is 0.554. The van der Waals surface area contributed by atoms with Gasteiger partial charge in [-0.1, -0.05) is 0 Å². The molecule has 0 saturated carbocycles. The van der Waals surface area contributed by atoms with Crippen molar-refractivity contribution in [2.45, 2.75) is 59.8 Å². The third-order valence-corrected chi connectivity index (χ3v) is 5.71. The molecule has 4 nitrogen and oxygen atoms in total. The number of hydrogen-bond donors (Lipinski definition) is 0. The zero-order valence-corrected chi connectivity index (χ0v) is 14.1. The summed E-state index contributed by atoms with van der Waals surface area (Å²) in [5.74, 6) is 0. The molecule has 0 aromatic heterocycles. The summed E-state index contributed by atoms with van der Waals surface area (Å²) >= 11 is -3.46. The summed E-state index contributed by atoms with van der Waals surface area (Å²) in [5.41, 5.74) is 0. The zero-order chi connectivity index (χ0) is 13.7. The van der Waals surface area contributed by atoms with Crippen molar-refractivity contribution in [3.05, 3.63) is 0 Å². The van der Waals surface area contributed by atoms with Gasteiger partial charge in [0.2, 0.25) is 0 Å². The Morgan fingerprint density at radius 3 is 1.28 bits per heavy atom. The van der Waals surface area contributed by atoms with Gasteiger partial charge in [-0.15, -0.1) is 0 Å². The quantitative estimate of drug-likeness (QED) is 0.382. The first-order valence-corrected chi connectivity index (χ1v) is 9.85. The molecule has 0 aliphatic heterocycles. The van der Waals surface area contributed by atoms with Crippen molar-refractivity contribution in [3.8, 4) is 0 Å². The number of unbranched alkanes of at least 4 members (excludes halogenated alkanes) is 1. The normalized spacial score (nSPS) is 12.0.